The van der Waals surface area contributed by atoms with Crippen LogP contribution in [0.15, 0.2) is 59.0 Å². The fraction of sp³-hybridized carbons (Fsp3) is 0.300. The van der Waals surface area contributed by atoms with Crippen LogP contribution < -0.4 is 4.74 Å². The summed E-state index contributed by atoms with van der Waals surface area (Å²) < 4.78 is 11.6. The summed E-state index contributed by atoms with van der Waals surface area (Å²) >= 11 is 0. The first-order chi connectivity index (χ1) is 11.5. The fourth-order valence-electron chi connectivity index (χ4n) is 2.54. The molecule has 1 aromatic heterocycles. The molecule has 0 radical (unpaired) electrons. The molecule has 4 nitrogen and oxygen atoms in total. The molecule has 0 fully saturated rings. The minimum Gasteiger partial charge on any atom is -0.484 e. The third-order valence-corrected chi connectivity index (χ3v) is 3.75. The molecule has 3 aromatic rings. The number of rotatable bonds is 5. The van der Waals surface area contributed by atoms with Crippen molar-refractivity contribution in [3.8, 4) is 5.75 Å². The zero-order valence-corrected chi connectivity index (χ0v) is 14.3. The van der Waals surface area contributed by atoms with Crippen LogP contribution in [-0.2, 0) is 18.4 Å². The lowest BCUT2D eigenvalue weighted by atomic mass is 9.86. The highest BCUT2D eigenvalue weighted by atomic mass is 16.5. The summed E-state index contributed by atoms with van der Waals surface area (Å²) in [7, 11) is 0. The van der Waals surface area contributed by atoms with Crippen LogP contribution >= 0.6 is 0 Å². The second-order valence-electron chi connectivity index (χ2n) is 6.79. The normalized spacial score (nSPS) is 11.5. The van der Waals surface area contributed by atoms with E-state index < -0.39 is 0 Å². The Labute approximate surface area is 142 Å². The predicted octanol–water partition coefficient (Wildman–Crippen LogP) is 4.54. The molecule has 1 heterocycles. The molecule has 4 heteroatoms. The maximum atomic E-state index is 5.92. The van der Waals surface area contributed by atoms with E-state index in [2.05, 4.69) is 37.0 Å². The molecule has 0 aliphatic rings. The SMILES string of the molecule is CC(C)(C)c1ccccc1OCc1nnc(Cc2ccccc2)o1. The van der Waals surface area contributed by atoms with Crippen molar-refractivity contribution in [2.24, 2.45) is 0 Å². The van der Waals surface area contributed by atoms with Crippen molar-refractivity contribution in [1.29, 1.82) is 0 Å². The zero-order chi connectivity index (χ0) is 17.0. The van der Waals surface area contributed by atoms with Crippen molar-refractivity contribution in [3.63, 3.8) is 0 Å². The minimum absolute atomic E-state index is 0.0178. The van der Waals surface area contributed by atoms with Gasteiger partial charge >= 0.3 is 0 Å². The predicted molar refractivity (Wildman–Crippen MR) is 93.0 cm³/mol. The van der Waals surface area contributed by atoms with E-state index in [0.29, 0.717) is 18.2 Å². The number of nitrogens with zero attached hydrogens (tertiary/aromatic N) is 2. The first-order valence-corrected chi connectivity index (χ1v) is 8.10. The van der Waals surface area contributed by atoms with E-state index in [1.54, 1.807) is 0 Å². The number of hydrogen-bond donors (Lipinski definition) is 0. The number of aromatic nitrogens is 2. The lowest BCUT2D eigenvalue weighted by Gasteiger charge is -2.22. The van der Waals surface area contributed by atoms with Crippen LogP contribution in [0.25, 0.3) is 0 Å². The highest BCUT2D eigenvalue weighted by Gasteiger charge is 2.19. The van der Waals surface area contributed by atoms with Crippen LogP contribution in [0.5, 0.6) is 5.75 Å². The second-order valence-corrected chi connectivity index (χ2v) is 6.79. The van der Waals surface area contributed by atoms with Crippen molar-refractivity contribution in [2.75, 3.05) is 0 Å². The molecule has 0 spiro atoms. The summed E-state index contributed by atoms with van der Waals surface area (Å²) in [5.74, 6) is 1.95. The molecule has 0 atom stereocenters. The maximum Gasteiger partial charge on any atom is 0.253 e. The topological polar surface area (TPSA) is 48.2 Å². The Morgan fingerprint density at radius 3 is 2.29 bits per heavy atom. The van der Waals surface area contributed by atoms with Gasteiger partial charge in [-0.3, -0.25) is 0 Å². The van der Waals surface area contributed by atoms with Crippen molar-refractivity contribution in [3.05, 3.63) is 77.5 Å². The van der Waals surface area contributed by atoms with Gasteiger partial charge in [0.2, 0.25) is 5.89 Å². The van der Waals surface area contributed by atoms with Gasteiger partial charge in [-0.05, 0) is 22.6 Å². The molecule has 0 amide bonds. The monoisotopic (exact) mass is 322 g/mol. The van der Waals surface area contributed by atoms with Gasteiger partial charge in [-0.25, -0.2) is 0 Å². The molecule has 0 aliphatic heterocycles. The van der Waals surface area contributed by atoms with E-state index in [-0.39, 0.29) is 12.0 Å². The Kier molecular flexibility index (Phi) is 4.65. The van der Waals surface area contributed by atoms with E-state index in [9.17, 15) is 0 Å². The van der Waals surface area contributed by atoms with E-state index >= 15 is 0 Å². The third kappa shape index (κ3) is 4.02. The third-order valence-electron chi connectivity index (χ3n) is 3.75. The quantitative estimate of drug-likeness (QED) is 0.692. The largest absolute Gasteiger partial charge is 0.484 e. The van der Waals surface area contributed by atoms with Gasteiger partial charge in [0.25, 0.3) is 5.89 Å². The molecular weight excluding hydrogens is 300 g/mol. The highest BCUT2D eigenvalue weighted by molar-refractivity contribution is 5.38. The summed E-state index contributed by atoms with van der Waals surface area (Å²) in [4.78, 5) is 0. The number of hydrogen-bond acceptors (Lipinski definition) is 4. The Bertz CT molecular complexity index is 789. The van der Waals surface area contributed by atoms with Crippen LogP contribution in [0.1, 0.15) is 43.7 Å². The molecule has 3 rings (SSSR count). The van der Waals surface area contributed by atoms with Gasteiger partial charge in [0.15, 0.2) is 6.61 Å². The number of ether oxygens (including phenoxy) is 1. The summed E-state index contributed by atoms with van der Waals surface area (Å²) in [5.41, 5.74) is 2.32. The molecule has 0 unspecified atom stereocenters. The first kappa shape index (κ1) is 16.2. The molecule has 0 N–H and O–H groups in total. The van der Waals surface area contributed by atoms with Gasteiger partial charge in [0.1, 0.15) is 5.75 Å². The van der Waals surface area contributed by atoms with Crippen LogP contribution in [0, 0.1) is 0 Å². The minimum atomic E-state index is 0.0178. The molecule has 124 valence electrons. The average molecular weight is 322 g/mol. The molecule has 0 saturated heterocycles. The highest BCUT2D eigenvalue weighted by Crippen LogP contribution is 2.31. The zero-order valence-electron chi connectivity index (χ0n) is 14.3. The lowest BCUT2D eigenvalue weighted by Crippen LogP contribution is -2.13. The first-order valence-electron chi connectivity index (χ1n) is 8.10. The van der Waals surface area contributed by atoms with E-state index in [1.807, 2.05) is 48.5 Å². The van der Waals surface area contributed by atoms with Crippen molar-refractivity contribution < 1.29 is 9.15 Å². The Morgan fingerprint density at radius 2 is 1.54 bits per heavy atom. The van der Waals surface area contributed by atoms with Crippen molar-refractivity contribution in [1.82, 2.24) is 10.2 Å². The molecule has 0 saturated carbocycles. The smallest absolute Gasteiger partial charge is 0.253 e. The van der Waals surface area contributed by atoms with Gasteiger partial charge in [-0.1, -0.05) is 69.3 Å². The van der Waals surface area contributed by atoms with Gasteiger partial charge in [-0.15, -0.1) is 10.2 Å². The van der Waals surface area contributed by atoms with Crippen LogP contribution in [-0.4, -0.2) is 10.2 Å². The Balaban J connectivity index is 1.66. The molecule has 2 aromatic carbocycles. The summed E-state index contributed by atoms with van der Waals surface area (Å²) in [6, 6.07) is 18.1. The summed E-state index contributed by atoms with van der Waals surface area (Å²) in [6.45, 7) is 6.77. The molecule has 24 heavy (non-hydrogen) atoms. The van der Waals surface area contributed by atoms with E-state index in [1.165, 1.54) is 0 Å². The fourth-order valence-corrected chi connectivity index (χ4v) is 2.54. The van der Waals surface area contributed by atoms with Crippen LogP contribution in [0.2, 0.25) is 0 Å². The summed E-state index contributed by atoms with van der Waals surface area (Å²) in [5, 5.41) is 8.18. The Hall–Kier alpha value is -2.62. The van der Waals surface area contributed by atoms with E-state index in [0.717, 1.165) is 16.9 Å². The standard InChI is InChI=1S/C20H22N2O2/c1-20(2,3)16-11-7-8-12-17(16)23-14-19-22-21-18(24-19)13-15-9-5-4-6-10-15/h4-12H,13-14H2,1-3H3. The average Bonchev–Trinajstić information content (AvgIpc) is 3.01. The van der Waals surface area contributed by atoms with Crippen molar-refractivity contribution >= 4 is 0 Å². The second kappa shape index (κ2) is 6.87. The van der Waals surface area contributed by atoms with Gasteiger partial charge in [0, 0.05) is 0 Å². The number of para-hydroxylation sites is 1. The van der Waals surface area contributed by atoms with Gasteiger partial charge < -0.3 is 9.15 Å². The number of benzene rings is 2. The maximum absolute atomic E-state index is 5.92. The molecule has 0 aliphatic carbocycles. The summed E-state index contributed by atoms with van der Waals surface area (Å²) in [6.07, 6.45) is 0.631. The van der Waals surface area contributed by atoms with Crippen molar-refractivity contribution in [2.45, 2.75) is 39.2 Å². The van der Waals surface area contributed by atoms with Gasteiger partial charge in [-0.2, -0.15) is 0 Å². The van der Waals surface area contributed by atoms with E-state index in [4.69, 9.17) is 9.15 Å². The lowest BCUT2D eigenvalue weighted by molar-refractivity contribution is 0.254. The Morgan fingerprint density at radius 1 is 0.875 bits per heavy atom. The van der Waals surface area contributed by atoms with Crippen LogP contribution in [0.4, 0.5) is 0 Å². The van der Waals surface area contributed by atoms with Crippen LogP contribution in [0.3, 0.4) is 0 Å². The molecule has 0 bridgehead atoms. The molecular formula is C20H22N2O2. The van der Waals surface area contributed by atoms with Gasteiger partial charge in [0.05, 0.1) is 6.42 Å².